The highest BCUT2D eigenvalue weighted by Gasteiger charge is 2.20. The predicted molar refractivity (Wildman–Crippen MR) is 259 cm³/mol. The van der Waals surface area contributed by atoms with Gasteiger partial charge in [0.2, 0.25) is 0 Å². The van der Waals surface area contributed by atoms with E-state index in [2.05, 4.69) is 52.1 Å². The van der Waals surface area contributed by atoms with E-state index in [1.165, 1.54) is 307 Å². The molecule has 0 fully saturated rings. The lowest BCUT2D eigenvalue weighted by Crippen LogP contribution is -2.46. The first-order valence-corrected chi connectivity index (χ1v) is 26.8. The Hall–Kier alpha value is -0.560. The lowest BCUT2D eigenvalue weighted by Gasteiger charge is -2.35. The third-order valence-electron chi connectivity index (χ3n) is 13.0. The molecular formula is C55H110N+. The number of nitrogens with zero attached hydrogens (tertiary/aromatic N) is 1. The van der Waals surface area contributed by atoms with Crippen LogP contribution in [0.15, 0.2) is 24.3 Å². The topological polar surface area (TPSA) is 0 Å². The summed E-state index contributed by atoms with van der Waals surface area (Å²) < 4.78 is 1.35. The van der Waals surface area contributed by atoms with Crippen molar-refractivity contribution in [3.8, 4) is 0 Å². The third kappa shape index (κ3) is 46.1. The zero-order chi connectivity index (χ0) is 40.6. The van der Waals surface area contributed by atoms with Crippen molar-refractivity contribution < 1.29 is 4.48 Å². The van der Waals surface area contributed by atoms with E-state index in [0.717, 1.165) is 0 Å². The minimum atomic E-state index is 1.31. The monoisotopic (exact) mass is 785 g/mol. The van der Waals surface area contributed by atoms with Crippen LogP contribution in [0.3, 0.4) is 0 Å². The summed E-state index contributed by atoms with van der Waals surface area (Å²) in [6.45, 7) is 11.2. The van der Waals surface area contributed by atoms with E-state index in [0.29, 0.717) is 0 Å². The van der Waals surface area contributed by atoms with E-state index in [4.69, 9.17) is 0 Å². The summed E-state index contributed by atoms with van der Waals surface area (Å²) in [5, 5.41) is 0. The fraction of sp³-hybridized carbons (Fsp3) is 0.927. The molecule has 0 heterocycles. The van der Waals surface area contributed by atoms with Crippen molar-refractivity contribution in [2.24, 2.45) is 0 Å². The van der Waals surface area contributed by atoms with Crippen LogP contribution in [0.1, 0.15) is 303 Å². The normalized spacial score (nSPS) is 12.3. The van der Waals surface area contributed by atoms with Crippen LogP contribution in [0.4, 0.5) is 0 Å². The molecule has 0 N–H and O–H groups in total. The molecule has 0 aromatic heterocycles. The van der Waals surface area contributed by atoms with Gasteiger partial charge in [0.25, 0.3) is 0 Å². The summed E-state index contributed by atoms with van der Waals surface area (Å²) in [5.74, 6) is 0. The molecule has 0 bridgehead atoms. The zero-order valence-corrected chi connectivity index (χ0v) is 40.0. The Balaban J connectivity index is 4.15. The molecular weight excluding hydrogens is 675 g/mol. The van der Waals surface area contributed by atoms with Crippen molar-refractivity contribution in [3.63, 3.8) is 0 Å². The molecule has 0 saturated carbocycles. The quantitative estimate of drug-likeness (QED) is 0.0327. The van der Waals surface area contributed by atoms with E-state index in [-0.39, 0.29) is 0 Å². The van der Waals surface area contributed by atoms with Gasteiger partial charge in [0.05, 0.1) is 26.7 Å². The second kappa shape index (κ2) is 48.8. The van der Waals surface area contributed by atoms with Gasteiger partial charge in [-0.3, -0.25) is 0 Å². The summed E-state index contributed by atoms with van der Waals surface area (Å²) in [6, 6.07) is 0. The maximum absolute atomic E-state index is 2.63. The van der Waals surface area contributed by atoms with Gasteiger partial charge in [-0.2, -0.15) is 0 Å². The van der Waals surface area contributed by atoms with Crippen molar-refractivity contribution in [2.45, 2.75) is 303 Å². The number of allylic oxidation sites excluding steroid dienone is 4. The molecule has 0 aromatic rings. The van der Waals surface area contributed by atoms with Crippen LogP contribution < -0.4 is 0 Å². The highest BCUT2D eigenvalue weighted by atomic mass is 15.3. The smallest absolute Gasteiger partial charge is 0.0784 e. The SMILES string of the molecule is CCCCCCCC/C=C\CCCCCCCC[N+](C)(CCCCCCCC/C=C\CCCCCCCC)CCCCCCCCCCCCCCCCCC. The van der Waals surface area contributed by atoms with Crippen molar-refractivity contribution in [2.75, 3.05) is 26.7 Å². The van der Waals surface area contributed by atoms with Gasteiger partial charge in [0, 0.05) is 0 Å². The van der Waals surface area contributed by atoms with Gasteiger partial charge in [0.15, 0.2) is 0 Å². The van der Waals surface area contributed by atoms with Gasteiger partial charge in [-0.1, -0.05) is 238 Å². The van der Waals surface area contributed by atoms with Gasteiger partial charge < -0.3 is 4.48 Å². The third-order valence-corrected chi connectivity index (χ3v) is 13.0. The molecule has 0 unspecified atom stereocenters. The maximum Gasteiger partial charge on any atom is 0.0784 e. The minimum Gasteiger partial charge on any atom is -0.326 e. The number of unbranched alkanes of at least 4 members (excludes halogenated alkanes) is 39. The van der Waals surface area contributed by atoms with Gasteiger partial charge in [0.1, 0.15) is 0 Å². The van der Waals surface area contributed by atoms with Crippen molar-refractivity contribution in [1.29, 1.82) is 0 Å². The summed E-state index contributed by atoms with van der Waals surface area (Å²) in [5.41, 5.74) is 0. The number of rotatable bonds is 49. The summed E-state index contributed by atoms with van der Waals surface area (Å²) in [4.78, 5) is 0. The van der Waals surface area contributed by atoms with E-state index in [1.807, 2.05) is 0 Å². The highest BCUT2D eigenvalue weighted by Crippen LogP contribution is 2.18. The molecule has 0 radical (unpaired) electrons. The summed E-state index contributed by atoms with van der Waals surface area (Å²) >= 11 is 0. The number of quaternary nitrogens is 1. The van der Waals surface area contributed by atoms with Crippen molar-refractivity contribution >= 4 is 0 Å². The predicted octanol–water partition coefficient (Wildman–Crippen LogP) is 19.8. The molecule has 0 spiro atoms. The number of hydrogen-bond acceptors (Lipinski definition) is 0. The molecule has 0 aliphatic heterocycles. The first kappa shape index (κ1) is 55.4. The van der Waals surface area contributed by atoms with Crippen LogP contribution in [0.25, 0.3) is 0 Å². The van der Waals surface area contributed by atoms with E-state index >= 15 is 0 Å². The molecule has 1 heteroatoms. The standard InChI is InChI=1S/C55H110N/c1-5-8-11-14-17-20-23-26-29-32-35-38-41-44-47-50-53-56(4,54-51-48-45-42-39-36-33-30-27-24-21-18-15-12-9-6-2)55-52-49-46-43-40-37-34-31-28-25-22-19-16-13-10-7-3/h26-27,29-30H,5-25,28,31-55H2,1-4H3/q+1/b29-26-,30-27-. The molecule has 334 valence electrons. The first-order chi connectivity index (χ1) is 27.7. The molecule has 56 heavy (non-hydrogen) atoms. The van der Waals surface area contributed by atoms with Crippen molar-refractivity contribution in [3.05, 3.63) is 24.3 Å². The van der Waals surface area contributed by atoms with Gasteiger partial charge in [-0.05, 0) is 89.9 Å². The Kier molecular flexibility index (Phi) is 48.3. The van der Waals surface area contributed by atoms with Crippen LogP contribution in [0.2, 0.25) is 0 Å². The van der Waals surface area contributed by atoms with Crippen LogP contribution in [-0.2, 0) is 0 Å². The average molecular weight is 785 g/mol. The van der Waals surface area contributed by atoms with E-state index < -0.39 is 0 Å². The molecule has 0 saturated heterocycles. The Morgan fingerprint density at radius 1 is 0.214 bits per heavy atom. The largest absolute Gasteiger partial charge is 0.326 e. The maximum atomic E-state index is 2.63. The van der Waals surface area contributed by atoms with Gasteiger partial charge in [-0.15, -0.1) is 0 Å². The van der Waals surface area contributed by atoms with E-state index in [9.17, 15) is 0 Å². The Labute approximate surface area is 357 Å². The summed E-state index contributed by atoms with van der Waals surface area (Å²) in [6.07, 6.45) is 72.8. The highest BCUT2D eigenvalue weighted by molar-refractivity contribution is 4.82. The van der Waals surface area contributed by atoms with Crippen LogP contribution in [-0.4, -0.2) is 31.2 Å². The second-order valence-electron chi connectivity index (χ2n) is 19.0. The molecule has 0 aliphatic carbocycles. The van der Waals surface area contributed by atoms with Crippen LogP contribution >= 0.6 is 0 Å². The minimum absolute atomic E-state index is 1.31. The second-order valence-corrected chi connectivity index (χ2v) is 19.0. The van der Waals surface area contributed by atoms with Gasteiger partial charge in [-0.25, -0.2) is 0 Å². The van der Waals surface area contributed by atoms with Crippen LogP contribution in [0.5, 0.6) is 0 Å². The fourth-order valence-corrected chi connectivity index (χ4v) is 8.86. The Morgan fingerprint density at radius 2 is 0.375 bits per heavy atom. The first-order valence-electron chi connectivity index (χ1n) is 26.8. The molecule has 0 atom stereocenters. The molecule has 1 nitrogen and oxygen atoms in total. The molecule has 0 amide bonds. The Bertz CT molecular complexity index is 708. The van der Waals surface area contributed by atoms with Crippen molar-refractivity contribution in [1.82, 2.24) is 0 Å². The zero-order valence-electron chi connectivity index (χ0n) is 40.0. The van der Waals surface area contributed by atoms with Gasteiger partial charge >= 0.3 is 0 Å². The molecule has 0 aromatic carbocycles. The summed E-state index contributed by atoms with van der Waals surface area (Å²) in [7, 11) is 2.63. The fourth-order valence-electron chi connectivity index (χ4n) is 8.86. The lowest BCUT2D eigenvalue weighted by atomic mass is 10.0. The van der Waals surface area contributed by atoms with Crippen LogP contribution in [0, 0.1) is 0 Å². The number of hydrogen-bond donors (Lipinski definition) is 0. The lowest BCUT2D eigenvalue weighted by molar-refractivity contribution is -0.910. The Morgan fingerprint density at radius 3 is 0.571 bits per heavy atom. The molecule has 0 rings (SSSR count). The average Bonchev–Trinajstić information content (AvgIpc) is 3.20. The van der Waals surface area contributed by atoms with E-state index in [1.54, 1.807) is 0 Å². The molecule has 0 aliphatic rings.